The number of anilines is 2. The van der Waals surface area contributed by atoms with Crippen LogP contribution in [0.3, 0.4) is 0 Å². The maximum Gasteiger partial charge on any atom is 0.228 e. The summed E-state index contributed by atoms with van der Waals surface area (Å²) in [4.78, 5) is 18.7. The molecule has 0 saturated carbocycles. The summed E-state index contributed by atoms with van der Waals surface area (Å²) in [5.41, 5.74) is 0.779. The van der Waals surface area contributed by atoms with Crippen LogP contribution in [0.15, 0.2) is 18.3 Å². The fraction of sp³-hybridized carbons (Fsp3) is 0.571. The predicted molar refractivity (Wildman–Crippen MR) is 78.9 cm³/mol. The van der Waals surface area contributed by atoms with Crippen molar-refractivity contribution in [1.29, 1.82) is 0 Å². The van der Waals surface area contributed by atoms with Crippen molar-refractivity contribution in [3.8, 4) is 0 Å². The molecule has 0 radical (unpaired) electrons. The van der Waals surface area contributed by atoms with Gasteiger partial charge in [0.15, 0.2) is 0 Å². The van der Waals surface area contributed by atoms with Crippen molar-refractivity contribution in [2.75, 3.05) is 49.5 Å². The number of hydrogen-bond acceptors (Lipinski definition) is 5. The summed E-state index contributed by atoms with van der Waals surface area (Å²) in [6, 6.07) is 3.92. The molecule has 3 rings (SSSR count). The number of nitrogens with one attached hydrogen (secondary N) is 3. The Hall–Kier alpha value is -1.66. The first-order chi connectivity index (χ1) is 9.83. The van der Waals surface area contributed by atoms with E-state index in [1.165, 1.54) is 0 Å². The van der Waals surface area contributed by atoms with Crippen LogP contribution in [-0.4, -0.2) is 50.2 Å². The van der Waals surface area contributed by atoms with E-state index in [1.807, 2.05) is 12.1 Å². The summed E-state index contributed by atoms with van der Waals surface area (Å²) in [5.74, 6) is 1.15. The average molecular weight is 275 g/mol. The minimum Gasteiger partial charge on any atom is -0.354 e. The smallest absolute Gasteiger partial charge is 0.228 e. The minimum absolute atomic E-state index is 0.0860. The van der Waals surface area contributed by atoms with Crippen molar-refractivity contribution in [2.24, 2.45) is 5.92 Å². The largest absolute Gasteiger partial charge is 0.354 e. The SMILES string of the molecule is O=C(Nc1ccc(N2CCNCC2)nc1)C1CCNC1. The lowest BCUT2D eigenvalue weighted by atomic mass is 10.1. The van der Waals surface area contributed by atoms with Crippen molar-refractivity contribution in [3.05, 3.63) is 18.3 Å². The molecule has 3 N–H and O–H groups in total. The first kappa shape index (κ1) is 13.3. The topological polar surface area (TPSA) is 69.3 Å². The van der Waals surface area contributed by atoms with Crippen LogP contribution in [0.2, 0.25) is 0 Å². The zero-order valence-corrected chi connectivity index (χ0v) is 11.6. The van der Waals surface area contributed by atoms with E-state index in [1.54, 1.807) is 6.20 Å². The Bertz CT molecular complexity index is 449. The normalized spacial score (nSPS) is 22.8. The van der Waals surface area contributed by atoms with E-state index < -0.39 is 0 Å². The number of carbonyl (C=O) groups excluding carboxylic acids is 1. The van der Waals surface area contributed by atoms with Gasteiger partial charge in [0.1, 0.15) is 5.82 Å². The zero-order chi connectivity index (χ0) is 13.8. The molecule has 0 spiro atoms. The lowest BCUT2D eigenvalue weighted by molar-refractivity contribution is -0.119. The third-order valence-corrected chi connectivity index (χ3v) is 3.89. The number of rotatable bonds is 3. The molecule has 2 fully saturated rings. The Labute approximate surface area is 118 Å². The lowest BCUT2D eigenvalue weighted by Crippen LogP contribution is -2.43. The van der Waals surface area contributed by atoms with Gasteiger partial charge in [0.25, 0.3) is 0 Å². The molecule has 2 saturated heterocycles. The van der Waals surface area contributed by atoms with E-state index in [-0.39, 0.29) is 11.8 Å². The van der Waals surface area contributed by atoms with Crippen molar-refractivity contribution >= 4 is 17.4 Å². The van der Waals surface area contributed by atoms with Crippen LogP contribution in [0, 0.1) is 5.92 Å². The average Bonchev–Trinajstić information content (AvgIpc) is 3.03. The number of carbonyl (C=O) groups is 1. The highest BCUT2D eigenvalue weighted by Gasteiger charge is 2.22. The van der Waals surface area contributed by atoms with Crippen LogP contribution in [0.25, 0.3) is 0 Å². The Morgan fingerprint density at radius 3 is 2.75 bits per heavy atom. The number of hydrogen-bond donors (Lipinski definition) is 3. The van der Waals surface area contributed by atoms with Gasteiger partial charge in [-0.2, -0.15) is 0 Å². The van der Waals surface area contributed by atoms with Crippen LogP contribution in [0.4, 0.5) is 11.5 Å². The highest BCUT2D eigenvalue weighted by atomic mass is 16.1. The summed E-state index contributed by atoms with van der Waals surface area (Å²) in [5, 5.41) is 9.46. The molecular formula is C14H21N5O. The second kappa shape index (κ2) is 6.19. The van der Waals surface area contributed by atoms with Crippen LogP contribution in [0.5, 0.6) is 0 Å². The third kappa shape index (κ3) is 3.08. The van der Waals surface area contributed by atoms with Gasteiger partial charge in [0.05, 0.1) is 17.8 Å². The van der Waals surface area contributed by atoms with E-state index in [4.69, 9.17) is 0 Å². The highest BCUT2D eigenvalue weighted by Crippen LogP contribution is 2.16. The Balaban J connectivity index is 1.59. The van der Waals surface area contributed by atoms with Gasteiger partial charge in [-0.15, -0.1) is 0 Å². The monoisotopic (exact) mass is 275 g/mol. The molecular weight excluding hydrogens is 254 g/mol. The fourth-order valence-electron chi connectivity index (χ4n) is 2.66. The van der Waals surface area contributed by atoms with E-state index in [0.29, 0.717) is 0 Å². The summed E-state index contributed by atoms with van der Waals surface area (Å²) in [6.45, 7) is 5.65. The second-order valence-electron chi connectivity index (χ2n) is 5.32. The lowest BCUT2D eigenvalue weighted by Gasteiger charge is -2.28. The van der Waals surface area contributed by atoms with Crippen molar-refractivity contribution in [3.63, 3.8) is 0 Å². The van der Waals surface area contributed by atoms with Crippen molar-refractivity contribution < 1.29 is 4.79 Å². The maximum atomic E-state index is 12.0. The second-order valence-corrected chi connectivity index (χ2v) is 5.32. The molecule has 6 heteroatoms. The molecule has 1 unspecified atom stereocenters. The van der Waals surface area contributed by atoms with Crippen LogP contribution in [0.1, 0.15) is 6.42 Å². The van der Waals surface area contributed by atoms with Gasteiger partial charge < -0.3 is 20.9 Å². The van der Waals surface area contributed by atoms with E-state index in [2.05, 4.69) is 25.8 Å². The zero-order valence-electron chi connectivity index (χ0n) is 11.6. The van der Waals surface area contributed by atoms with Gasteiger partial charge in [-0.1, -0.05) is 0 Å². The first-order valence-electron chi connectivity index (χ1n) is 7.26. The third-order valence-electron chi connectivity index (χ3n) is 3.89. The number of piperazine rings is 1. The number of pyridine rings is 1. The van der Waals surface area contributed by atoms with Crippen molar-refractivity contribution in [1.82, 2.24) is 15.6 Å². The quantitative estimate of drug-likeness (QED) is 0.726. The molecule has 1 aromatic heterocycles. The van der Waals surface area contributed by atoms with Gasteiger partial charge in [-0.05, 0) is 25.1 Å². The molecule has 3 heterocycles. The van der Waals surface area contributed by atoms with Gasteiger partial charge in [-0.25, -0.2) is 4.98 Å². The molecule has 2 aliphatic heterocycles. The minimum atomic E-state index is 0.0860. The molecule has 20 heavy (non-hydrogen) atoms. The summed E-state index contributed by atoms with van der Waals surface area (Å²) >= 11 is 0. The summed E-state index contributed by atoms with van der Waals surface area (Å²) in [6.07, 6.45) is 2.66. The van der Waals surface area contributed by atoms with Crippen LogP contribution < -0.4 is 20.9 Å². The molecule has 6 nitrogen and oxygen atoms in total. The Kier molecular flexibility index (Phi) is 4.13. The highest BCUT2D eigenvalue weighted by molar-refractivity contribution is 5.92. The molecule has 2 aliphatic rings. The fourth-order valence-corrected chi connectivity index (χ4v) is 2.66. The number of amides is 1. The molecule has 0 bridgehead atoms. The van der Waals surface area contributed by atoms with Crippen LogP contribution >= 0.6 is 0 Å². The Morgan fingerprint density at radius 2 is 2.10 bits per heavy atom. The van der Waals surface area contributed by atoms with Gasteiger partial charge in [0, 0.05) is 32.7 Å². The molecule has 1 aromatic rings. The first-order valence-corrected chi connectivity index (χ1v) is 7.26. The maximum absolute atomic E-state index is 12.0. The van der Waals surface area contributed by atoms with Gasteiger partial charge in [-0.3, -0.25) is 4.79 Å². The van der Waals surface area contributed by atoms with Gasteiger partial charge in [0.2, 0.25) is 5.91 Å². The molecule has 1 amide bonds. The predicted octanol–water partition coefficient (Wildman–Crippen LogP) is 0.0392. The van der Waals surface area contributed by atoms with Gasteiger partial charge >= 0.3 is 0 Å². The standard InChI is InChI=1S/C14H21N5O/c20-14(11-3-4-16-9-11)18-12-1-2-13(17-10-12)19-7-5-15-6-8-19/h1-2,10-11,15-16H,3-9H2,(H,18,20). The summed E-state index contributed by atoms with van der Waals surface area (Å²) < 4.78 is 0. The number of nitrogens with zero attached hydrogens (tertiary/aromatic N) is 2. The summed E-state index contributed by atoms with van der Waals surface area (Å²) in [7, 11) is 0. The van der Waals surface area contributed by atoms with E-state index in [9.17, 15) is 4.79 Å². The molecule has 0 aromatic carbocycles. The molecule has 0 aliphatic carbocycles. The van der Waals surface area contributed by atoms with E-state index >= 15 is 0 Å². The molecule has 1 atom stereocenters. The number of aromatic nitrogens is 1. The van der Waals surface area contributed by atoms with Crippen LogP contribution in [-0.2, 0) is 4.79 Å². The molecule has 108 valence electrons. The Morgan fingerprint density at radius 1 is 1.25 bits per heavy atom. The van der Waals surface area contributed by atoms with E-state index in [0.717, 1.165) is 57.2 Å². The van der Waals surface area contributed by atoms with Crippen molar-refractivity contribution in [2.45, 2.75) is 6.42 Å².